The maximum Gasteiger partial charge on any atom is 0.0949 e. The smallest absolute Gasteiger partial charge is 0.0949 e. The van der Waals surface area contributed by atoms with Crippen LogP contribution < -0.4 is 0 Å². The standard InChI is InChI=1S/C20H29N/c1-13-3-4-14-11-18-15(10-16(14)9-13)7-8-20(2)17(12-21)5-6-19(18)20/h5,13-16,18-19H,3-4,6-11H2,1-2H3/t13-,14-,15+,16?,18+,19-,20+/m0/s1. The summed E-state index contributed by atoms with van der Waals surface area (Å²) in [6.07, 6.45) is 13.6. The van der Waals surface area contributed by atoms with E-state index in [-0.39, 0.29) is 5.41 Å². The topological polar surface area (TPSA) is 23.8 Å². The van der Waals surface area contributed by atoms with Crippen LogP contribution in [0.15, 0.2) is 11.6 Å². The molecule has 1 heteroatoms. The summed E-state index contributed by atoms with van der Waals surface area (Å²) in [6.45, 7) is 4.85. The molecule has 0 aromatic heterocycles. The van der Waals surface area contributed by atoms with E-state index >= 15 is 0 Å². The lowest BCUT2D eigenvalue weighted by molar-refractivity contribution is -0.0306. The highest BCUT2D eigenvalue weighted by Crippen LogP contribution is 2.61. The number of allylic oxidation sites excluding steroid dienone is 2. The average Bonchev–Trinajstić information content (AvgIpc) is 2.82. The summed E-state index contributed by atoms with van der Waals surface area (Å²) in [5.74, 6) is 5.68. The van der Waals surface area contributed by atoms with Gasteiger partial charge in [-0.1, -0.05) is 26.3 Å². The molecule has 4 aliphatic carbocycles. The van der Waals surface area contributed by atoms with Crippen molar-refractivity contribution in [2.24, 2.45) is 40.9 Å². The Kier molecular flexibility index (Phi) is 3.21. The molecule has 3 saturated carbocycles. The lowest BCUT2D eigenvalue weighted by Gasteiger charge is -2.54. The molecular weight excluding hydrogens is 254 g/mol. The predicted octanol–water partition coefficient (Wildman–Crippen LogP) is 5.33. The zero-order valence-corrected chi connectivity index (χ0v) is 13.6. The highest BCUT2D eigenvalue weighted by Gasteiger charge is 2.53. The lowest BCUT2D eigenvalue weighted by atomic mass is 9.51. The zero-order valence-electron chi connectivity index (χ0n) is 13.6. The van der Waals surface area contributed by atoms with Gasteiger partial charge in [-0.15, -0.1) is 0 Å². The SMILES string of the molecule is C[C@H]1CC[C@H]2C[C@@H]3[C@H](CC[C@]4(C)C(C#N)=CC[C@@H]34)CC2C1. The minimum atomic E-state index is 0.227. The molecule has 114 valence electrons. The van der Waals surface area contributed by atoms with Crippen molar-refractivity contribution in [3.8, 4) is 6.07 Å². The second-order valence-electron chi connectivity index (χ2n) is 8.86. The number of rotatable bonds is 0. The first-order valence-corrected chi connectivity index (χ1v) is 9.22. The third-order valence-electron chi connectivity index (χ3n) is 7.87. The van der Waals surface area contributed by atoms with Crippen molar-refractivity contribution in [1.29, 1.82) is 5.26 Å². The third kappa shape index (κ3) is 2.01. The van der Waals surface area contributed by atoms with Crippen LogP contribution in [0, 0.1) is 52.3 Å². The van der Waals surface area contributed by atoms with Gasteiger partial charge in [-0.05, 0) is 80.5 Å². The molecule has 0 aliphatic heterocycles. The molecule has 4 rings (SSSR count). The van der Waals surface area contributed by atoms with Crippen molar-refractivity contribution in [2.75, 3.05) is 0 Å². The van der Waals surface area contributed by atoms with Crippen LogP contribution in [0.3, 0.4) is 0 Å². The molecule has 0 aromatic rings. The van der Waals surface area contributed by atoms with Gasteiger partial charge in [0.05, 0.1) is 6.07 Å². The van der Waals surface area contributed by atoms with E-state index in [0.717, 1.165) is 41.1 Å². The van der Waals surface area contributed by atoms with Gasteiger partial charge < -0.3 is 0 Å². The molecule has 1 unspecified atom stereocenters. The number of nitrogens with zero attached hydrogens (tertiary/aromatic N) is 1. The average molecular weight is 283 g/mol. The van der Waals surface area contributed by atoms with Gasteiger partial charge in [0, 0.05) is 11.0 Å². The molecule has 0 N–H and O–H groups in total. The van der Waals surface area contributed by atoms with E-state index in [1.54, 1.807) is 0 Å². The first kappa shape index (κ1) is 13.9. The molecule has 3 fully saturated rings. The molecule has 1 nitrogen and oxygen atoms in total. The van der Waals surface area contributed by atoms with Crippen LogP contribution in [0.5, 0.6) is 0 Å². The molecule has 0 spiro atoms. The highest BCUT2D eigenvalue weighted by molar-refractivity contribution is 5.35. The van der Waals surface area contributed by atoms with Gasteiger partial charge in [0.15, 0.2) is 0 Å². The fourth-order valence-electron chi connectivity index (χ4n) is 6.65. The maximum atomic E-state index is 9.46. The zero-order chi connectivity index (χ0) is 14.6. The number of hydrogen-bond acceptors (Lipinski definition) is 1. The molecular formula is C20H29N. The van der Waals surface area contributed by atoms with E-state index in [1.165, 1.54) is 51.4 Å². The normalized spacial score (nSPS) is 52.1. The van der Waals surface area contributed by atoms with E-state index in [0.29, 0.717) is 0 Å². The first-order valence-electron chi connectivity index (χ1n) is 9.22. The Labute approximate surface area is 129 Å². The summed E-state index contributed by atoms with van der Waals surface area (Å²) in [7, 11) is 0. The Morgan fingerprint density at radius 2 is 1.95 bits per heavy atom. The van der Waals surface area contributed by atoms with Crippen LogP contribution in [-0.2, 0) is 0 Å². The quantitative estimate of drug-likeness (QED) is 0.589. The van der Waals surface area contributed by atoms with Crippen molar-refractivity contribution in [2.45, 2.75) is 65.2 Å². The van der Waals surface area contributed by atoms with Gasteiger partial charge in [0.1, 0.15) is 0 Å². The summed E-state index contributed by atoms with van der Waals surface area (Å²) in [6, 6.07) is 2.52. The maximum absolute atomic E-state index is 9.46. The third-order valence-corrected chi connectivity index (χ3v) is 7.87. The Balaban J connectivity index is 1.56. The van der Waals surface area contributed by atoms with E-state index in [4.69, 9.17) is 0 Å². The van der Waals surface area contributed by atoms with Crippen LogP contribution >= 0.6 is 0 Å². The second kappa shape index (κ2) is 4.87. The van der Waals surface area contributed by atoms with E-state index in [1.807, 2.05) is 0 Å². The van der Waals surface area contributed by atoms with Gasteiger partial charge >= 0.3 is 0 Å². The number of fused-ring (bicyclic) bond motifs is 4. The minimum Gasteiger partial charge on any atom is -0.193 e. The summed E-state index contributed by atoms with van der Waals surface area (Å²) < 4.78 is 0. The Morgan fingerprint density at radius 3 is 2.76 bits per heavy atom. The monoisotopic (exact) mass is 283 g/mol. The predicted molar refractivity (Wildman–Crippen MR) is 85.4 cm³/mol. The second-order valence-corrected chi connectivity index (χ2v) is 8.86. The van der Waals surface area contributed by atoms with Gasteiger partial charge in [0.25, 0.3) is 0 Å². The minimum absolute atomic E-state index is 0.227. The molecule has 21 heavy (non-hydrogen) atoms. The summed E-state index contributed by atoms with van der Waals surface area (Å²) in [5.41, 5.74) is 1.34. The summed E-state index contributed by atoms with van der Waals surface area (Å²) in [5, 5.41) is 9.46. The summed E-state index contributed by atoms with van der Waals surface area (Å²) >= 11 is 0. The van der Waals surface area contributed by atoms with E-state index in [2.05, 4.69) is 26.0 Å². The van der Waals surface area contributed by atoms with Crippen LogP contribution in [-0.4, -0.2) is 0 Å². The van der Waals surface area contributed by atoms with Crippen LogP contribution in [0.2, 0.25) is 0 Å². The molecule has 0 radical (unpaired) electrons. The number of hydrogen-bond donors (Lipinski definition) is 0. The van der Waals surface area contributed by atoms with E-state index in [9.17, 15) is 5.26 Å². The van der Waals surface area contributed by atoms with Crippen LogP contribution in [0.1, 0.15) is 65.2 Å². The number of nitriles is 1. The molecule has 4 aliphatic rings. The fourth-order valence-corrected chi connectivity index (χ4v) is 6.65. The first-order chi connectivity index (χ1) is 10.1. The van der Waals surface area contributed by atoms with Crippen molar-refractivity contribution >= 4 is 0 Å². The van der Waals surface area contributed by atoms with Gasteiger partial charge in [-0.2, -0.15) is 5.26 Å². The van der Waals surface area contributed by atoms with Gasteiger partial charge in [-0.3, -0.25) is 0 Å². The molecule has 7 atom stereocenters. The van der Waals surface area contributed by atoms with Crippen molar-refractivity contribution in [3.05, 3.63) is 11.6 Å². The van der Waals surface area contributed by atoms with Crippen molar-refractivity contribution < 1.29 is 0 Å². The largest absolute Gasteiger partial charge is 0.193 e. The van der Waals surface area contributed by atoms with Gasteiger partial charge in [0.2, 0.25) is 0 Å². The summed E-state index contributed by atoms with van der Waals surface area (Å²) in [4.78, 5) is 0. The van der Waals surface area contributed by atoms with Crippen LogP contribution in [0.25, 0.3) is 0 Å². The Morgan fingerprint density at radius 1 is 1.10 bits per heavy atom. The molecule has 0 heterocycles. The fraction of sp³-hybridized carbons (Fsp3) is 0.850. The molecule has 0 amide bonds. The van der Waals surface area contributed by atoms with Gasteiger partial charge in [-0.25, -0.2) is 0 Å². The van der Waals surface area contributed by atoms with Crippen LogP contribution in [0.4, 0.5) is 0 Å². The van der Waals surface area contributed by atoms with E-state index < -0.39 is 0 Å². The lowest BCUT2D eigenvalue weighted by Crippen LogP contribution is -2.46. The van der Waals surface area contributed by atoms with Crippen molar-refractivity contribution in [3.63, 3.8) is 0 Å². The van der Waals surface area contributed by atoms with Crippen molar-refractivity contribution in [1.82, 2.24) is 0 Å². The molecule has 0 aromatic carbocycles. The molecule has 0 bridgehead atoms. The highest BCUT2D eigenvalue weighted by atomic mass is 14.6. The molecule has 0 saturated heterocycles. The Bertz CT molecular complexity index is 498. The Hall–Kier alpha value is -0.770.